The number of nitrogens with one attached hydrogen (secondary N) is 1. The molecule has 0 radical (unpaired) electrons. The lowest BCUT2D eigenvalue weighted by Crippen LogP contribution is -2.58. The summed E-state index contributed by atoms with van der Waals surface area (Å²) in [5, 5.41) is 3.25. The lowest BCUT2D eigenvalue weighted by Gasteiger charge is -2.43. The molecule has 2 fully saturated rings. The third-order valence-electron chi connectivity index (χ3n) is 3.97. The number of rotatable bonds is 6. The maximum atomic E-state index is 5.85. The molecule has 0 aromatic heterocycles. The number of ether oxygens (including phenoxy) is 2. The zero-order valence-electron chi connectivity index (χ0n) is 9.87. The van der Waals surface area contributed by atoms with Gasteiger partial charge in [-0.1, -0.05) is 19.3 Å². The number of hydrogen-bond donors (Lipinski definition) is 1. The first kappa shape index (κ1) is 11.4. The Morgan fingerprint density at radius 1 is 1.33 bits per heavy atom. The van der Waals surface area contributed by atoms with Crippen LogP contribution in [0.25, 0.3) is 0 Å². The molecule has 0 aliphatic heterocycles. The zero-order chi connectivity index (χ0) is 10.7. The molecule has 15 heavy (non-hydrogen) atoms. The van der Waals surface area contributed by atoms with Crippen LogP contribution < -0.4 is 5.32 Å². The molecule has 2 aliphatic carbocycles. The van der Waals surface area contributed by atoms with Crippen molar-refractivity contribution >= 4 is 0 Å². The summed E-state index contributed by atoms with van der Waals surface area (Å²) in [6, 6.07) is 0.490. The van der Waals surface area contributed by atoms with Crippen molar-refractivity contribution in [3.05, 3.63) is 0 Å². The second-order valence-corrected chi connectivity index (χ2v) is 4.83. The van der Waals surface area contributed by atoms with Crippen molar-refractivity contribution in [1.29, 1.82) is 0 Å². The molecular weight excluding hydrogens is 190 g/mol. The Hall–Kier alpha value is -0.120. The summed E-state index contributed by atoms with van der Waals surface area (Å²) in [7, 11) is 3.76. The first-order valence-corrected chi connectivity index (χ1v) is 6.16. The fraction of sp³-hybridized carbons (Fsp3) is 1.00. The van der Waals surface area contributed by atoms with E-state index in [1.807, 2.05) is 7.05 Å². The highest BCUT2D eigenvalue weighted by molar-refractivity contribution is 4.96. The lowest BCUT2D eigenvalue weighted by molar-refractivity contribution is -0.134. The van der Waals surface area contributed by atoms with Crippen LogP contribution in [0, 0.1) is 5.92 Å². The molecule has 2 saturated carbocycles. The highest BCUT2D eigenvalue weighted by atomic mass is 16.5. The first-order chi connectivity index (χ1) is 7.35. The van der Waals surface area contributed by atoms with Gasteiger partial charge < -0.3 is 14.8 Å². The second-order valence-electron chi connectivity index (χ2n) is 4.83. The molecular formula is C12H23NO2. The summed E-state index contributed by atoms with van der Waals surface area (Å²) in [6.07, 6.45) is 7.19. The van der Waals surface area contributed by atoms with Crippen LogP contribution in [0.15, 0.2) is 0 Å². The van der Waals surface area contributed by atoms with Crippen molar-refractivity contribution in [1.82, 2.24) is 5.32 Å². The van der Waals surface area contributed by atoms with Gasteiger partial charge >= 0.3 is 0 Å². The maximum absolute atomic E-state index is 5.85. The van der Waals surface area contributed by atoms with E-state index in [1.165, 1.54) is 25.7 Å². The molecule has 0 aromatic carbocycles. The van der Waals surface area contributed by atoms with Gasteiger partial charge in [0.05, 0.1) is 12.2 Å². The summed E-state index contributed by atoms with van der Waals surface area (Å²) in [5.41, 5.74) is 0. The molecule has 2 rings (SSSR count). The van der Waals surface area contributed by atoms with Crippen LogP contribution >= 0.6 is 0 Å². The smallest absolute Gasteiger partial charge is 0.0986 e. The first-order valence-electron chi connectivity index (χ1n) is 6.16. The van der Waals surface area contributed by atoms with Gasteiger partial charge in [-0.05, 0) is 25.8 Å². The van der Waals surface area contributed by atoms with Crippen LogP contribution in [-0.2, 0) is 9.47 Å². The third kappa shape index (κ3) is 2.52. The molecule has 88 valence electrons. The molecule has 3 atom stereocenters. The van der Waals surface area contributed by atoms with Crippen LogP contribution in [0.3, 0.4) is 0 Å². The molecule has 0 aromatic rings. The van der Waals surface area contributed by atoms with E-state index in [-0.39, 0.29) is 6.10 Å². The van der Waals surface area contributed by atoms with Crippen molar-refractivity contribution in [2.45, 2.75) is 50.4 Å². The van der Waals surface area contributed by atoms with E-state index < -0.39 is 0 Å². The van der Waals surface area contributed by atoms with Crippen LogP contribution in [0.4, 0.5) is 0 Å². The Labute approximate surface area is 92.5 Å². The quantitative estimate of drug-likeness (QED) is 0.726. The van der Waals surface area contributed by atoms with E-state index in [0.717, 1.165) is 18.9 Å². The summed E-state index contributed by atoms with van der Waals surface area (Å²) in [4.78, 5) is 0. The molecule has 3 heteroatoms. The Bertz CT molecular complexity index is 194. The van der Waals surface area contributed by atoms with E-state index in [4.69, 9.17) is 9.47 Å². The molecule has 0 saturated heterocycles. The molecule has 0 bridgehead atoms. The standard InChI is InChI=1S/C12H23NO2/c1-13-10-8-11(12(10)14-2)15-7-6-9-4-3-5-9/h9-13H,3-8H2,1-2H3. The molecule has 0 heterocycles. The van der Waals surface area contributed by atoms with Crippen molar-refractivity contribution in [2.75, 3.05) is 20.8 Å². The van der Waals surface area contributed by atoms with Crippen molar-refractivity contribution in [3.63, 3.8) is 0 Å². The molecule has 0 spiro atoms. The summed E-state index contributed by atoms with van der Waals surface area (Å²) >= 11 is 0. The van der Waals surface area contributed by atoms with Crippen molar-refractivity contribution in [3.8, 4) is 0 Å². The Kier molecular flexibility index (Phi) is 4.00. The minimum absolute atomic E-state index is 0.261. The van der Waals surface area contributed by atoms with E-state index in [9.17, 15) is 0 Å². The predicted molar refractivity (Wildman–Crippen MR) is 60.0 cm³/mol. The minimum Gasteiger partial charge on any atom is -0.377 e. The van der Waals surface area contributed by atoms with Gasteiger partial charge in [0.2, 0.25) is 0 Å². The average molecular weight is 213 g/mol. The monoisotopic (exact) mass is 213 g/mol. The second kappa shape index (κ2) is 5.28. The van der Waals surface area contributed by atoms with Crippen LogP contribution in [-0.4, -0.2) is 39.0 Å². The highest BCUT2D eigenvalue weighted by Crippen LogP contribution is 2.31. The Morgan fingerprint density at radius 3 is 2.67 bits per heavy atom. The Morgan fingerprint density at radius 2 is 2.13 bits per heavy atom. The summed E-state index contributed by atoms with van der Waals surface area (Å²) < 4.78 is 11.3. The largest absolute Gasteiger partial charge is 0.377 e. The van der Waals surface area contributed by atoms with Gasteiger partial charge in [0, 0.05) is 19.8 Å². The minimum atomic E-state index is 0.261. The summed E-state index contributed by atoms with van der Waals surface area (Å²) in [6.45, 7) is 0.922. The third-order valence-corrected chi connectivity index (χ3v) is 3.97. The van der Waals surface area contributed by atoms with Crippen molar-refractivity contribution < 1.29 is 9.47 Å². The summed E-state index contributed by atoms with van der Waals surface area (Å²) in [5.74, 6) is 0.950. The van der Waals surface area contributed by atoms with Gasteiger partial charge in [0.1, 0.15) is 0 Å². The zero-order valence-corrected chi connectivity index (χ0v) is 9.87. The maximum Gasteiger partial charge on any atom is 0.0986 e. The normalized spacial score (nSPS) is 36.0. The van der Waals surface area contributed by atoms with Crippen molar-refractivity contribution in [2.24, 2.45) is 5.92 Å². The van der Waals surface area contributed by atoms with Gasteiger partial charge in [0.15, 0.2) is 0 Å². The van der Waals surface area contributed by atoms with Gasteiger partial charge in [-0.25, -0.2) is 0 Å². The van der Waals surface area contributed by atoms with E-state index >= 15 is 0 Å². The van der Waals surface area contributed by atoms with Crippen LogP contribution in [0.5, 0.6) is 0 Å². The van der Waals surface area contributed by atoms with Gasteiger partial charge in [-0.3, -0.25) is 0 Å². The van der Waals surface area contributed by atoms with Crippen LogP contribution in [0.2, 0.25) is 0 Å². The highest BCUT2D eigenvalue weighted by Gasteiger charge is 2.41. The van der Waals surface area contributed by atoms with Gasteiger partial charge in [0.25, 0.3) is 0 Å². The predicted octanol–water partition coefficient (Wildman–Crippen LogP) is 1.57. The van der Waals surface area contributed by atoms with E-state index in [0.29, 0.717) is 12.1 Å². The van der Waals surface area contributed by atoms with Gasteiger partial charge in [-0.2, -0.15) is 0 Å². The molecule has 1 N–H and O–H groups in total. The van der Waals surface area contributed by atoms with Crippen LogP contribution in [0.1, 0.15) is 32.1 Å². The van der Waals surface area contributed by atoms with Gasteiger partial charge in [-0.15, -0.1) is 0 Å². The SMILES string of the molecule is CNC1CC(OCCC2CCC2)C1OC. The number of methoxy groups -OCH3 is 1. The number of likely N-dealkylation sites (N-methyl/N-ethyl adjacent to an activating group) is 1. The molecule has 3 nitrogen and oxygen atoms in total. The topological polar surface area (TPSA) is 30.5 Å². The fourth-order valence-electron chi connectivity index (χ4n) is 2.51. The number of hydrogen-bond acceptors (Lipinski definition) is 3. The fourth-order valence-corrected chi connectivity index (χ4v) is 2.51. The molecule has 3 unspecified atom stereocenters. The van der Waals surface area contributed by atoms with E-state index in [1.54, 1.807) is 7.11 Å². The average Bonchev–Trinajstić information content (AvgIpc) is 2.13. The molecule has 0 amide bonds. The Balaban J connectivity index is 1.58. The van der Waals surface area contributed by atoms with E-state index in [2.05, 4.69) is 5.32 Å². The lowest BCUT2D eigenvalue weighted by atomic mass is 9.83. The molecule has 2 aliphatic rings.